The van der Waals surface area contributed by atoms with Crippen LogP contribution < -0.4 is 10.2 Å². The normalized spacial score (nSPS) is 20.0. The van der Waals surface area contributed by atoms with E-state index < -0.39 is 5.97 Å². The van der Waals surface area contributed by atoms with Gasteiger partial charge in [0.15, 0.2) is 0 Å². The molecule has 1 aliphatic carbocycles. The van der Waals surface area contributed by atoms with E-state index in [-0.39, 0.29) is 17.3 Å². The highest BCUT2D eigenvalue weighted by Crippen LogP contribution is 2.47. The number of carbonyl (C=O) groups is 2. The molecule has 1 aromatic rings. The topological polar surface area (TPSA) is 84.4 Å². The summed E-state index contributed by atoms with van der Waals surface area (Å²) >= 11 is 0. The van der Waals surface area contributed by atoms with Crippen LogP contribution in [-0.4, -0.2) is 47.6 Å². The molecule has 1 aliphatic heterocycles. The predicted octanol–water partition coefficient (Wildman–Crippen LogP) is 2.81. The van der Waals surface area contributed by atoms with Gasteiger partial charge in [-0.15, -0.1) is 0 Å². The number of hydrogen-bond donors (Lipinski definition) is 1. The number of anilines is 1. The van der Waals surface area contributed by atoms with Crippen molar-refractivity contribution in [1.82, 2.24) is 15.3 Å². The summed E-state index contributed by atoms with van der Waals surface area (Å²) in [7, 11) is 1.33. The van der Waals surface area contributed by atoms with E-state index in [2.05, 4.69) is 41.0 Å². The van der Waals surface area contributed by atoms with Crippen LogP contribution in [0.2, 0.25) is 0 Å². The van der Waals surface area contributed by atoms with Crippen molar-refractivity contribution in [3.05, 3.63) is 18.1 Å². The van der Waals surface area contributed by atoms with Crippen LogP contribution in [0.25, 0.3) is 0 Å². The van der Waals surface area contributed by atoms with E-state index in [4.69, 9.17) is 4.74 Å². The summed E-state index contributed by atoms with van der Waals surface area (Å²) in [6, 6.07) is 1.83. The lowest BCUT2D eigenvalue weighted by Gasteiger charge is -2.37. The molecule has 1 aromatic heterocycles. The molecule has 2 heterocycles. The Morgan fingerprint density at radius 2 is 1.96 bits per heavy atom. The van der Waals surface area contributed by atoms with Gasteiger partial charge >= 0.3 is 5.97 Å². The van der Waals surface area contributed by atoms with Gasteiger partial charge in [-0.25, -0.2) is 14.8 Å². The SMILES string of the molecule is COC(=O)c1nccc(N2CCC(C3(NC(=O)CC(C)C(C)C)CC3)CC2)n1. The third-order valence-electron chi connectivity index (χ3n) is 6.43. The minimum atomic E-state index is -0.521. The van der Waals surface area contributed by atoms with Crippen molar-refractivity contribution >= 4 is 17.7 Å². The zero-order valence-corrected chi connectivity index (χ0v) is 17.4. The van der Waals surface area contributed by atoms with E-state index in [1.165, 1.54) is 7.11 Å². The molecule has 1 saturated heterocycles. The van der Waals surface area contributed by atoms with Crippen molar-refractivity contribution in [1.29, 1.82) is 0 Å². The number of methoxy groups -OCH3 is 1. The third kappa shape index (κ3) is 4.62. The van der Waals surface area contributed by atoms with Crippen molar-refractivity contribution in [2.24, 2.45) is 17.8 Å². The Hall–Kier alpha value is -2.18. The maximum atomic E-state index is 12.5. The molecule has 2 aliphatic rings. The fourth-order valence-corrected chi connectivity index (χ4v) is 4.00. The molecule has 0 aromatic carbocycles. The van der Waals surface area contributed by atoms with E-state index in [1.54, 1.807) is 6.20 Å². The zero-order chi connectivity index (χ0) is 20.3. The van der Waals surface area contributed by atoms with Gasteiger partial charge in [-0.3, -0.25) is 4.79 Å². The molecular weight excluding hydrogens is 356 g/mol. The number of ether oxygens (including phenoxy) is 1. The molecule has 1 amide bonds. The number of amides is 1. The molecule has 0 spiro atoms. The van der Waals surface area contributed by atoms with Gasteiger partial charge in [0.2, 0.25) is 11.7 Å². The molecule has 2 fully saturated rings. The number of nitrogens with zero attached hydrogens (tertiary/aromatic N) is 3. The van der Waals surface area contributed by atoms with Gasteiger partial charge in [0.05, 0.1) is 7.11 Å². The summed E-state index contributed by atoms with van der Waals surface area (Å²) < 4.78 is 4.70. The molecule has 1 unspecified atom stereocenters. The van der Waals surface area contributed by atoms with Crippen molar-refractivity contribution in [3.63, 3.8) is 0 Å². The highest BCUT2D eigenvalue weighted by Gasteiger charge is 2.50. The molecule has 0 bridgehead atoms. The molecule has 28 heavy (non-hydrogen) atoms. The van der Waals surface area contributed by atoms with Crippen LogP contribution in [0.5, 0.6) is 0 Å². The number of carbonyl (C=O) groups excluding carboxylic acids is 2. The van der Waals surface area contributed by atoms with Crippen molar-refractivity contribution in [2.75, 3.05) is 25.1 Å². The van der Waals surface area contributed by atoms with Crippen LogP contribution in [0.1, 0.15) is 63.5 Å². The van der Waals surface area contributed by atoms with Gasteiger partial charge < -0.3 is 15.0 Å². The van der Waals surface area contributed by atoms with Gasteiger partial charge in [0.25, 0.3) is 0 Å². The summed E-state index contributed by atoms with van der Waals surface area (Å²) in [6.07, 6.45) is 6.39. The number of hydrogen-bond acceptors (Lipinski definition) is 6. The fraction of sp³-hybridized carbons (Fsp3) is 0.714. The van der Waals surface area contributed by atoms with Gasteiger partial charge in [-0.1, -0.05) is 20.8 Å². The Morgan fingerprint density at radius 3 is 2.54 bits per heavy atom. The molecular formula is C21H32N4O3. The fourth-order valence-electron chi connectivity index (χ4n) is 4.00. The van der Waals surface area contributed by atoms with E-state index in [0.717, 1.165) is 44.6 Å². The van der Waals surface area contributed by atoms with Crippen LogP contribution in [-0.2, 0) is 9.53 Å². The minimum absolute atomic E-state index is 0.00270. The lowest BCUT2D eigenvalue weighted by atomic mass is 9.86. The maximum absolute atomic E-state index is 12.5. The van der Waals surface area contributed by atoms with Crippen molar-refractivity contribution in [2.45, 2.75) is 58.4 Å². The third-order valence-corrected chi connectivity index (χ3v) is 6.43. The summed E-state index contributed by atoms with van der Waals surface area (Å²) in [6.45, 7) is 8.20. The van der Waals surface area contributed by atoms with Gasteiger partial charge in [0.1, 0.15) is 5.82 Å². The lowest BCUT2D eigenvalue weighted by molar-refractivity contribution is -0.123. The summed E-state index contributed by atoms with van der Waals surface area (Å²) in [5.74, 6) is 1.95. The molecule has 7 nitrogen and oxygen atoms in total. The minimum Gasteiger partial charge on any atom is -0.463 e. The monoisotopic (exact) mass is 388 g/mol. The Kier molecular flexibility index (Phi) is 6.20. The smallest absolute Gasteiger partial charge is 0.376 e. The van der Waals surface area contributed by atoms with Gasteiger partial charge in [-0.05, 0) is 49.5 Å². The van der Waals surface area contributed by atoms with Crippen LogP contribution in [0, 0.1) is 17.8 Å². The van der Waals surface area contributed by atoms with Gasteiger partial charge in [-0.2, -0.15) is 0 Å². The van der Waals surface area contributed by atoms with Crippen LogP contribution >= 0.6 is 0 Å². The average Bonchev–Trinajstić information content (AvgIpc) is 3.47. The lowest BCUT2D eigenvalue weighted by Crippen LogP contribution is -2.48. The van der Waals surface area contributed by atoms with Gasteiger partial charge in [0, 0.05) is 31.2 Å². The molecule has 1 atom stereocenters. The summed E-state index contributed by atoms with van der Waals surface area (Å²) in [5.41, 5.74) is 0.00270. The van der Waals surface area contributed by atoms with E-state index in [0.29, 0.717) is 24.2 Å². The quantitative estimate of drug-likeness (QED) is 0.723. The second-order valence-electron chi connectivity index (χ2n) is 8.62. The number of rotatable bonds is 7. The number of nitrogens with one attached hydrogen (secondary N) is 1. The molecule has 7 heteroatoms. The molecule has 1 saturated carbocycles. The van der Waals surface area contributed by atoms with Crippen LogP contribution in [0.15, 0.2) is 12.3 Å². The Bertz CT molecular complexity index is 709. The van der Waals surface area contributed by atoms with Crippen molar-refractivity contribution in [3.8, 4) is 0 Å². The largest absolute Gasteiger partial charge is 0.463 e. The first kappa shape index (κ1) is 20.6. The molecule has 1 N–H and O–H groups in total. The molecule has 154 valence electrons. The molecule has 0 radical (unpaired) electrons. The van der Waals surface area contributed by atoms with E-state index in [1.807, 2.05) is 6.07 Å². The first-order valence-electron chi connectivity index (χ1n) is 10.3. The molecule has 3 rings (SSSR count). The Balaban J connectivity index is 1.55. The Labute approximate surface area is 167 Å². The van der Waals surface area contributed by atoms with Crippen LogP contribution in [0.4, 0.5) is 5.82 Å². The van der Waals surface area contributed by atoms with E-state index >= 15 is 0 Å². The van der Waals surface area contributed by atoms with E-state index in [9.17, 15) is 9.59 Å². The summed E-state index contributed by atoms with van der Waals surface area (Å²) in [5, 5.41) is 3.36. The number of piperidine rings is 1. The number of aromatic nitrogens is 2. The second kappa shape index (κ2) is 8.45. The highest BCUT2D eigenvalue weighted by atomic mass is 16.5. The first-order valence-corrected chi connectivity index (χ1v) is 10.3. The standard InChI is InChI=1S/C21H32N4O3/c1-14(2)15(3)13-18(26)24-21(8-9-21)16-6-11-25(12-7-16)17-5-10-22-19(23-17)20(27)28-4/h5,10,14-16H,6-9,11-13H2,1-4H3,(H,24,26). The van der Waals surface area contributed by atoms with Crippen LogP contribution in [0.3, 0.4) is 0 Å². The Morgan fingerprint density at radius 1 is 1.29 bits per heavy atom. The van der Waals surface area contributed by atoms with Crippen molar-refractivity contribution < 1.29 is 14.3 Å². The second-order valence-corrected chi connectivity index (χ2v) is 8.62. The predicted molar refractivity (Wildman–Crippen MR) is 107 cm³/mol. The average molecular weight is 389 g/mol. The zero-order valence-electron chi connectivity index (χ0n) is 17.4. The number of esters is 1. The highest BCUT2D eigenvalue weighted by molar-refractivity contribution is 5.85. The first-order chi connectivity index (χ1) is 13.3. The summed E-state index contributed by atoms with van der Waals surface area (Å²) in [4.78, 5) is 34.6. The maximum Gasteiger partial charge on any atom is 0.376 e.